The fourth-order valence-corrected chi connectivity index (χ4v) is 6.88. The number of nitrogens with one attached hydrogen (secondary N) is 1. The Balaban J connectivity index is 1.58. The minimum absolute atomic E-state index is 0.105. The largest absolute Gasteiger partial charge is 0.352 e. The summed E-state index contributed by atoms with van der Waals surface area (Å²) in [6.45, 7) is 2.37. The number of hydrogen-bond donors (Lipinski definition) is 1. The molecule has 0 aliphatic heterocycles. The summed E-state index contributed by atoms with van der Waals surface area (Å²) in [5.74, 6) is -0.332. The highest BCUT2D eigenvalue weighted by molar-refractivity contribution is 9.10. The average Bonchev–Trinajstić information content (AvgIpc) is 3.46. The van der Waals surface area contributed by atoms with Crippen molar-refractivity contribution in [3.8, 4) is 0 Å². The van der Waals surface area contributed by atoms with E-state index in [0.29, 0.717) is 18.5 Å². The molecule has 4 rings (SSSR count). The van der Waals surface area contributed by atoms with E-state index in [0.717, 1.165) is 46.8 Å². The Kier molecular flexibility index (Phi) is 11.2. The Morgan fingerprint density at radius 3 is 2.26 bits per heavy atom. The molecule has 7 nitrogen and oxygen atoms in total. The SMILES string of the molecule is Cc1ccc(N(CCCC(=O)N(Cc2cccc(Br)c2)[C@H](Cc2ccccc2)C(=O)NC2CCCC2)S(C)(=O)=O)cc1. The number of aryl methyl sites for hydroxylation is 1. The van der Waals surface area contributed by atoms with Gasteiger partial charge in [-0.1, -0.05) is 88.9 Å². The monoisotopic (exact) mass is 653 g/mol. The van der Waals surface area contributed by atoms with Crippen LogP contribution in [0.5, 0.6) is 0 Å². The Hall–Kier alpha value is -3.17. The second-order valence-electron chi connectivity index (χ2n) is 11.1. The average molecular weight is 655 g/mol. The highest BCUT2D eigenvalue weighted by Crippen LogP contribution is 2.23. The predicted octanol–water partition coefficient (Wildman–Crippen LogP) is 6.00. The maximum absolute atomic E-state index is 14.0. The number of rotatable bonds is 13. The van der Waals surface area contributed by atoms with Crippen LogP contribution in [0.4, 0.5) is 5.69 Å². The smallest absolute Gasteiger partial charge is 0.243 e. The second kappa shape index (κ2) is 14.8. The number of amides is 2. The lowest BCUT2D eigenvalue weighted by Gasteiger charge is -2.33. The first-order chi connectivity index (χ1) is 20.1. The van der Waals surface area contributed by atoms with Crippen molar-refractivity contribution in [2.24, 2.45) is 0 Å². The molecule has 0 unspecified atom stereocenters. The third-order valence-corrected chi connectivity index (χ3v) is 9.38. The number of carbonyl (C=O) groups is 2. The van der Waals surface area contributed by atoms with Crippen molar-refractivity contribution in [3.63, 3.8) is 0 Å². The van der Waals surface area contributed by atoms with Crippen LogP contribution in [0, 0.1) is 6.92 Å². The van der Waals surface area contributed by atoms with Gasteiger partial charge in [-0.3, -0.25) is 13.9 Å². The van der Waals surface area contributed by atoms with Crippen molar-refractivity contribution in [2.75, 3.05) is 17.1 Å². The zero-order valence-corrected chi connectivity index (χ0v) is 26.7. The van der Waals surface area contributed by atoms with Crippen molar-refractivity contribution >= 4 is 43.5 Å². The molecule has 1 N–H and O–H groups in total. The highest BCUT2D eigenvalue weighted by atomic mass is 79.9. The summed E-state index contributed by atoms with van der Waals surface area (Å²) in [5.41, 5.74) is 3.48. The quantitative estimate of drug-likeness (QED) is 0.245. The first kappa shape index (κ1) is 31.8. The molecule has 1 aliphatic carbocycles. The molecule has 2 amide bonds. The number of sulfonamides is 1. The zero-order chi connectivity index (χ0) is 30.1. The minimum atomic E-state index is -3.55. The van der Waals surface area contributed by atoms with E-state index in [4.69, 9.17) is 0 Å². The van der Waals surface area contributed by atoms with Gasteiger partial charge in [0.1, 0.15) is 6.04 Å². The first-order valence-electron chi connectivity index (χ1n) is 14.5. The molecule has 1 saturated carbocycles. The van der Waals surface area contributed by atoms with E-state index in [1.54, 1.807) is 17.0 Å². The van der Waals surface area contributed by atoms with Gasteiger partial charge in [-0.05, 0) is 61.6 Å². The number of halogens is 1. The summed E-state index contributed by atoms with van der Waals surface area (Å²) in [4.78, 5) is 29.5. The highest BCUT2D eigenvalue weighted by Gasteiger charge is 2.32. The maximum atomic E-state index is 14.0. The molecular formula is C33H40BrN3O4S. The first-order valence-corrected chi connectivity index (χ1v) is 17.2. The Morgan fingerprint density at radius 1 is 0.952 bits per heavy atom. The summed E-state index contributed by atoms with van der Waals surface area (Å²) in [6, 6.07) is 24.2. The van der Waals surface area contributed by atoms with Gasteiger partial charge in [-0.25, -0.2) is 8.42 Å². The zero-order valence-electron chi connectivity index (χ0n) is 24.3. The molecule has 0 heterocycles. The van der Waals surface area contributed by atoms with E-state index in [9.17, 15) is 18.0 Å². The molecule has 3 aromatic rings. The molecular weight excluding hydrogens is 614 g/mol. The normalized spacial score (nSPS) is 14.4. The van der Waals surface area contributed by atoms with Crippen LogP contribution in [-0.2, 0) is 32.6 Å². The van der Waals surface area contributed by atoms with Crippen LogP contribution < -0.4 is 9.62 Å². The van der Waals surface area contributed by atoms with Crippen molar-refractivity contribution in [3.05, 3.63) is 100 Å². The summed E-state index contributed by atoms with van der Waals surface area (Å²) in [6.07, 6.45) is 6.06. The van der Waals surface area contributed by atoms with E-state index in [1.807, 2.05) is 73.7 Å². The van der Waals surface area contributed by atoms with Gasteiger partial charge in [-0.15, -0.1) is 0 Å². The topological polar surface area (TPSA) is 86.8 Å². The van der Waals surface area contributed by atoms with E-state index < -0.39 is 16.1 Å². The lowest BCUT2D eigenvalue weighted by atomic mass is 10.0. The van der Waals surface area contributed by atoms with Gasteiger partial charge in [0, 0.05) is 36.4 Å². The van der Waals surface area contributed by atoms with Gasteiger partial charge in [0.25, 0.3) is 0 Å². The summed E-state index contributed by atoms with van der Waals surface area (Å²) in [7, 11) is -3.55. The van der Waals surface area contributed by atoms with Gasteiger partial charge in [0.15, 0.2) is 0 Å². The van der Waals surface area contributed by atoms with Crippen LogP contribution >= 0.6 is 15.9 Å². The van der Waals surface area contributed by atoms with E-state index >= 15 is 0 Å². The Bertz CT molecular complexity index is 1440. The maximum Gasteiger partial charge on any atom is 0.243 e. The summed E-state index contributed by atoms with van der Waals surface area (Å²) in [5, 5.41) is 3.22. The molecule has 0 bridgehead atoms. The van der Waals surface area contributed by atoms with E-state index in [-0.39, 0.29) is 37.4 Å². The number of hydrogen-bond acceptors (Lipinski definition) is 4. The van der Waals surface area contributed by atoms with Gasteiger partial charge in [-0.2, -0.15) is 0 Å². The molecule has 0 spiro atoms. The predicted molar refractivity (Wildman–Crippen MR) is 172 cm³/mol. The Morgan fingerprint density at radius 2 is 1.62 bits per heavy atom. The molecule has 224 valence electrons. The number of nitrogens with zero attached hydrogens (tertiary/aromatic N) is 2. The van der Waals surface area contributed by atoms with Crippen LogP contribution in [0.2, 0.25) is 0 Å². The number of benzene rings is 3. The van der Waals surface area contributed by atoms with Crippen LogP contribution in [-0.4, -0.2) is 50.0 Å². The third-order valence-electron chi connectivity index (χ3n) is 7.69. The second-order valence-corrected chi connectivity index (χ2v) is 13.9. The van der Waals surface area contributed by atoms with Crippen LogP contribution in [0.3, 0.4) is 0 Å². The van der Waals surface area contributed by atoms with Gasteiger partial charge >= 0.3 is 0 Å². The van der Waals surface area contributed by atoms with Crippen molar-refractivity contribution < 1.29 is 18.0 Å². The fraction of sp³-hybridized carbons (Fsp3) is 0.394. The molecule has 3 aromatic carbocycles. The lowest BCUT2D eigenvalue weighted by molar-refractivity contribution is -0.141. The fourth-order valence-electron chi connectivity index (χ4n) is 5.47. The lowest BCUT2D eigenvalue weighted by Crippen LogP contribution is -2.52. The van der Waals surface area contributed by atoms with Crippen LogP contribution in [0.25, 0.3) is 0 Å². The van der Waals surface area contributed by atoms with Crippen molar-refractivity contribution in [2.45, 2.75) is 70.5 Å². The minimum Gasteiger partial charge on any atom is -0.352 e. The molecule has 0 aromatic heterocycles. The summed E-state index contributed by atoms with van der Waals surface area (Å²) >= 11 is 3.53. The van der Waals surface area contributed by atoms with Gasteiger partial charge in [0.2, 0.25) is 21.8 Å². The standard InChI is InChI=1S/C33H40BrN3O4S/c1-25-17-19-30(20-18-25)37(42(2,40)41)21-9-16-32(38)36(24-27-12-8-13-28(34)22-27)31(23-26-10-4-3-5-11-26)33(39)35-29-14-6-7-15-29/h3-5,8,10-13,17-20,22,29,31H,6-7,9,14-16,21,23-24H2,1-2H3,(H,35,39)/t31-/m1/s1. The van der Waals surface area contributed by atoms with Gasteiger partial charge < -0.3 is 10.2 Å². The van der Waals surface area contributed by atoms with E-state index in [2.05, 4.69) is 21.2 Å². The molecule has 0 saturated heterocycles. The summed E-state index contributed by atoms with van der Waals surface area (Å²) < 4.78 is 27.5. The Labute approximate surface area is 258 Å². The molecule has 1 fully saturated rings. The number of carbonyl (C=O) groups excluding carboxylic acids is 2. The molecule has 42 heavy (non-hydrogen) atoms. The van der Waals surface area contributed by atoms with Gasteiger partial charge in [0.05, 0.1) is 11.9 Å². The van der Waals surface area contributed by atoms with Crippen molar-refractivity contribution in [1.29, 1.82) is 0 Å². The number of anilines is 1. The molecule has 1 aliphatic rings. The molecule has 0 radical (unpaired) electrons. The molecule has 1 atom stereocenters. The third kappa shape index (κ3) is 9.16. The van der Waals surface area contributed by atoms with E-state index in [1.165, 1.54) is 10.6 Å². The van der Waals surface area contributed by atoms with Crippen LogP contribution in [0.15, 0.2) is 83.3 Å². The van der Waals surface area contributed by atoms with Crippen LogP contribution in [0.1, 0.15) is 55.2 Å². The molecule has 9 heteroatoms. The van der Waals surface area contributed by atoms with Crippen molar-refractivity contribution in [1.82, 2.24) is 10.2 Å².